The zero-order valence-electron chi connectivity index (χ0n) is 20.4. The molecule has 3 atom stereocenters. The van der Waals surface area contributed by atoms with Gasteiger partial charge in [-0.1, -0.05) is 11.6 Å². The number of pyridine rings is 1. The van der Waals surface area contributed by atoms with Gasteiger partial charge < -0.3 is 29.9 Å². The molecule has 13 heteroatoms. The highest BCUT2D eigenvalue weighted by Gasteiger charge is 2.51. The van der Waals surface area contributed by atoms with Gasteiger partial charge in [0.25, 0.3) is 5.56 Å². The summed E-state index contributed by atoms with van der Waals surface area (Å²) >= 11 is 6.35. The van der Waals surface area contributed by atoms with Crippen molar-refractivity contribution in [3.8, 4) is 5.75 Å². The molecule has 1 saturated heterocycles. The van der Waals surface area contributed by atoms with Crippen LogP contribution in [0.2, 0.25) is 5.02 Å². The van der Waals surface area contributed by atoms with E-state index in [0.717, 1.165) is 0 Å². The number of hydrogen-bond donors (Lipinski definition) is 3. The number of rotatable bonds is 5. The first-order valence-electron chi connectivity index (χ1n) is 12.4. The van der Waals surface area contributed by atoms with E-state index < -0.39 is 36.3 Å². The fourth-order valence-electron chi connectivity index (χ4n) is 5.28. The fraction of sp³-hybridized carbons (Fsp3) is 0.480. The molecule has 0 unspecified atom stereocenters. The van der Waals surface area contributed by atoms with Crippen LogP contribution in [0.25, 0.3) is 10.9 Å². The van der Waals surface area contributed by atoms with Crippen LogP contribution in [-0.4, -0.2) is 63.6 Å². The molecular weight excluding hydrogens is 525 g/mol. The maximum absolute atomic E-state index is 14.9. The first kappa shape index (κ1) is 25.1. The Labute approximate surface area is 220 Å². The third-order valence-corrected chi connectivity index (χ3v) is 7.71. The van der Waals surface area contributed by atoms with Gasteiger partial charge in [0.15, 0.2) is 12.4 Å². The summed E-state index contributed by atoms with van der Waals surface area (Å²) < 4.78 is 50.5. The number of aliphatic hydroxyl groups excluding tert-OH is 1. The Hall–Kier alpha value is -3.25. The van der Waals surface area contributed by atoms with Gasteiger partial charge in [0.1, 0.15) is 11.2 Å². The van der Waals surface area contributed by atoms with E-state index in [0.29, 0.717) is 29.4 Å². The summed E-state index contributed by atoms with van der Waals surface area (Å²) in [5.74, 6) is -3.02. The van der Waals surface area contributed by atoms with Crippen molar-refractivity contribution in [2.75, 3.05) is 35.3 Å². The van der Waals surface area contributed by atoms with Gasteiger partial charge in [0.2, 0.25) is 11.7 Å². The zero-order chi connectivity index (χ0) is 26.8. The molecule has 0 amide bonds. The minimum atomic E-state index is -3.14. The highest BCUT2D eigenvalue weighted by atomic mass is 35.5. The lowest BCUT2D eigenvalue weighted by atomic mass is 10.0. The van der Waals surface area contributed by atoms with Crippen molar-refractivity contribution in [3.63, 3.8) is 0 Å². The van der Waals surface area contributed by atoms with E-state index >= 15 is 0 Å². The molecule has 9 nitrogen and oxygen atoms in total. The summed E-state index contributed by atoms with van der Waals surface area (Å²) in [6, 6.07) is 3.52. The second-order valence-electron chi connectivity index (χ2n) is 10.1. The van der Waals surface area contributed by atoms with Gasteiger partial charge in [-0.3, -0.25) is 4.79 Å². The Morgan fingerprint density at radius 3 is 2.87 bits per heavy atom. The van der Waals surface area contributed by atoms with Gasteiger partial charge in [-0.2, -0.15) is 4.98 Å². The number of anilines is 4. The number of nitrogens with zero attached hydrogens (tertiary/aromatic N) is 4. The maximum Gasteiger partial charge on any atom is 0.301 e. The molecule has 1 aromatic carbocycles. The van der Waals surface area contributed by atoms with Crippen molar-refractivity contribution in [1.29, 1.82) is 0 Å². The molecule has 1 saturated carbocycles. The molecular formula is C25H26ClF3N6O3. The van der Waals surface area contributed by atoms with Crippen LogP contribution < -0.4 is 25.8 Å². The topological polar surface area (TPSA) is 105 Å². The monoisotopic (exact) mass is 550 g/mol. The first-order valence-corrected chi connectivity index (χ1v) is 12.8. The summed E-state index contributed by atoms with van der Waals surface area (Å²) in [4.78, 5) is 23.3. The molecule has 1 aliphatic carbocycles. The van der Waals surface area contributed by atoms with E-state index in [-0.39, 0.29) is 53.7 Å². The van der Waals surface area contributed by atoms with Crippen LogP contribution >= 0.6 is 11.6 Å². The number of alkyl halides is 3. The Bertz CT molecular complexity index is 1470. The SMILES string of the molecule is Cn1c(=O)c2c(c3cc(Nc4nc(N5C[C@@H](F)C[C@H]5CO)ncc4Cl)ccc31)N[C@@H](C1CC1)C(F)(F)CO2. The van der Waals surface area contributed by atoms with Crippen LogP contribution in [0.5, 0.6) is 5.75 Å². The lowest BCUT2D eigenvalue weighted by Crippen LogP contribution is -2.44. The number of hydrogen-bond acceptors (Lipinski definition) is 8. The standard InChI is InChI=1S/C25H26ClF3N6O3/c1-34-18-5-4-14(31-22-17(26)8-30-24(33-22)35-9-13(27)6-15(35)10-36)7-16(18)19-20(23(34)37)38-11-25(28,29)21(32-19)12-2-3-12/h4-5,7-8,12-13,15,21,32,36H,2-3,6,9-11H2,1H3,(H,30,31,33)/t13-,15-,21-/m0/s1. The molecule has 3 aliphatic rings. The van der Waals surface area contributed by atoms with Crippen LogP contribution in [0, 0.1) is 5.92 Å². The van der Waals surface area contributed by atoms with Gasteiger partial charge in [-0.15, -0.1) is 0 Å². The van der Waals surface area contributed by atoms with Crippen molar-refractivity contribution in [2.45, 2.75) is 43.4 Å². The largest absolute Gasteiger partial charge is 0.480 e. The Kier molecular flexibility index (Phi) is 6.06. The molecule has 2 aromatic heterocycles. The van der Waals surface area contributed by atoms with E-state index in [1.165, 1.54) is 10.8 Å². The number of aromatic nitrogens is 3. The predicted molar refractivity (Wildman–Crippen MR) is 138 cm³/mol. The quantitative estimate of drug-likeness (QED) is 0.440. The van der Waals surface area contributed by atoms with Gasteiger partial charge in [0, 0.05) is 24.5 Å². The predicted octanol–water partition coefficient (Wildman–Crippen LogP) is 3.85. The molecule has 38 heavy (non-hydrogen) atoms. The highest BCUT2D eigenvalue weighted by molar-refractivity contribution is 6.33. The number of nitrogens with one attached hydrogen (secondary N) is 2. The van der Waals surface area contributed by atoms with Gasteiger partial charge in [-0.05, 0) is 37.0 Å². The molecule has 3 aromatic rings. The van der Waals surface area contributed by atoms with E-state index in [2.05, 4.69) is 20.6 Å². The van der Waals surface area contributed by atoms with E-state index in [1.807, 2.05) is 0 Å². The number of fused-ring (bicyclic) bond motifs is 3. The van der Waals surface area contributed by atoms with E-state index in [1.54, 1.807) is 30.1 Å². The average Bonchev–Trinajstić information content (AvgIpc) is 3.67. The summed E-state index contributed by atoms with van der Waals surface area (Å²) in [7, 11) is 1.56. The summed E-state index contributed by atoms with van der Waals surface area (Å²) in [5, 5.41) is 16.4. The van der Waals surface area contributed by atoms with E-state index in [9.17, 15) is 23.1 Å². The molecule has 0 radical (unpaired) electrons. The van der Waals surface area contributed by atoms with Gasteiger partial charge in [0.05, 0.1) is 42.6 Å². The second kappa shape index (κ2) is 9.19. The third kappa shape index (κ3) is 4.29. The van der Waals surface area contributed by atoms with Crippen LogP contribution in [0.1, 0.15) is 19.3 Å². The van der Waals surface area contributed by atoms with Crippen molar-refractivity contribution in [1.82, 2.24) is 14.5 Å². The van der Waals surface area contributed by atoms with Crippen LogP contribution in [0.4, 0.5) is 36.3 Å². The molecule has 2 fully saturated rings. The Morgan fingerprint density at radius 1 is 1.34 bits per heavy atom. The summed E-state index contributed by atoms with van der Waals surface area (Å²) in [6.07, 6.45) is 1.83. The number of benzene rings is 1. The molecule has 4 heterocycles. The zero-order valence-corrected chi connectivity index (χ0v) is 21.2. The molecule has 6 rings (SSSR count). The Balaban J connectivity index is 1.39. The number of ether oxygens (including phenoxy) is 1. The summed E-state index contributed by atoms with van der Waals surface area (Å²) in [6.45, 7) is -1.06. The van der Waals surface area contributed by atoms with Crippen LogP contribution in [0.15, 0.2) is 29.2 Å². The molecule has 202 valence electrons. The Morgan fingerprint density at radius 2 is 2.13 bits per heavy atom. The van der Waals surface area contributed by atoms with Crippen LogP contribution in [-0.2, 0) is 7.05 Å². The van der Waals surface area contributed by atoms with Gasteiger partial charge >= 0.3 is 5.92 Å². The van der Waals surface area contributed by atoms with E-state index in [4.69, 9.17) is 16.3 Å². The molecule has 0 bridgehead atoms. The van der Waals surface area contributed by atoms with Crippen LogP contribution in [0.3, 0.4) is 0 Å². The van der Waals surface area contributed by atoms with Crippen molar-refractivity contribution in [2.24, 2.45) is 13.0 Å². The second-order valence-corrected chi connectivity index (χ2v) is 10.5. The first-order chi connectivity index (χ1) is 18.2. The fourth-order valence-corrected chi connectivity index (χ4v) is 5.42. The molecule has 3 N–H and O–H groups in total. The minimum Gasteiger partial charge on any atom is -0.480 e. The van der Waals surface area contributed by atoms with Crippen molar-refractivity contribution < 1.29 is 23.0 Å². The molecule has 2 aliphatic heterocycles. The summed E-state index contributed by atoms with van der Waals surface area (Å²) in [5.41, 5.74) is 0.773. The lowest BCUT2D eigenvalue weighted by Gasteiger charge is -2.25. The number of aryl methyl sites for hydroxylation is 1. The maximum atomic E-state index is 14.9. The van der Waals surface area contributed by atoms with Gasteiger partial charge in [-0.25, -0.2) is 18.2 Å². The number of halogens is 4. The molecule has 0 spiro atoms. The van der Waals surface area contributed by atoms with Crippen molar-refractivity contribution in [3.05, 3.63) is 39.8 Å². The minimum absolute atomic E-state index is 0.0565. The third-order valence-electron chi connectivity index (χ3n) is 7.44. The lowest BCUT2D eigenvalue weighted by molar-refractivity contribution is -0.0579. The normalized spacial score (nSPS) is 24.5. The average molecular weight is 551 g/mol. The highest BCUT2D eigenvalue weighted by Crippen LogP contribution is 2.45. The smallest absolute Gasteiger partial charge is 0.301 e. The van der Waals surface area contributed by atoms with Crippen molar-refractivity contribution >= 4 is 45.6 Å². The number of aliphatic hydroxyl groups is 1.